The summed E-state index contributed by atoms with van der Waals surface area (Å²) in [5.74, 6) is -4.65. The van der Waals surface area contributed by atoms with Crippen LogP contribution in [-0.4, -0.2) is 77.1 Å². The van der Waals surface area contributed by atoms with Gasteiger partial charge in [0.1, 0.15) is 24.2 Å². The van der Waals surface area contributed by atoms with Crippen molar-refractivity contribution in [2.75, 3.05) is 13.2 Å². The number of nitrogens with two attached hydrogens (primary N) is 3. The monoisotopic (exact) mass is 460 g/mol. The predicted octanol–water partition coefficient (Wildman–Crippen LogP) is -3.10. The Kier molecular flexibility index (Phi) is 13.8. The Morgan fingerprint density at radius 1 is 0.875 bits per heavy atom. The highest BCUT2D eigenvalue weighted by Gasteiger charge is 2.31. The average molecular weight is 461 g/mol. The fourth-order valence-corrected chi connectivity index (χ4v) is 2.77. The zero-order valence-electron chi connectivity index (χ0n) is 18.5. The minimum Gasteiger partial charge on any atom is -0.480 e. The first-order chi connectivity index (χ1) is 14.9. The normalized spacial score (nSPS) is 14.7. The lowest BCUT2D eigenvalue weighted by Gasteiger charge is -2.25. The molecule has 0 aromatic heterocycles. The zero-order valence-corrected chi connectivity index (χ0v) is 18.5. The number of carboxylic acids is 1. The summed E-state index contributed by atoms with van der Waals surface area (Å²) in [6.45, 7) is 3.30. The van der Waals surface area contributed by atoms with Crippen molar-refractivity contribution >= 4 is 29.6 Å². The average Bonchev–Trinajstić information content (AvgIpc) is 2.70. The third kappa shape index (κ3) is 11.6. The first-order valence-electron chi connectivity index (χ1n) is 10.4. The third-order valence-electron chi connectivity index (χ3n) is 4.47. The summed E-state index contributed by atoms with van der Waals surface area (Å²) >= 11 is 0. The van der Waals surface area contributed by atoms with Gasteiger partial charge in [0.25, 0.3) is 0 Å². The van der Waals surface area contributed by atoms with E-state index in [9.17, 15) is 29.1 Å². The number of aliphatic carboxylic acids is 1. The summed E-state index contributed by atoms with van der Waals surface area (Å²) in [4.78, 5) is 60.2. The van der Waals surface area contributed by atoms with E-state index in [1.54, 1.807) is 13.8 Å². The van der Waals surface area contributed by atoms with Crippen molar-refractivity contribution in [2.45, 2.75) is 70.1 Å². The summed E-state index contributed by atoms with van der Waals surface area (Å²) in [6.07, 6.45) is 0.853. The fourth-order valence-electron chi connectivity index (χ4n) is 2.77. The second-order valence-corrected chi connectivity index (χ2v) is 7.90. The van der Waals surface area contributed by atoms with Crippen molar-refractivity contribution in [1.82, 2.24) is 16.0 Å². The van der Waals surface area contributed by atoms with E-state index < -0.39 is 66.8 Å². The zero-order chi connectivity index (χ0) is 24.8. The van der Waals surface area contributed by atoms with E-state index in [2.05, 4.69) is 16.0 Å². The fraction of sp³-hybridized carbons (Fsp3) is 0.737. The summed E-state index contributed by atoms with van der Waals surface area (Å²) in [7, 11) is 0. The maximum absolute atomic E-state index is 12.7. The van der Waals surface area contributed by atoms with E-state index >= 15 is 0 Å². The van der Waals surface area contributed by atoms with Gasteiger partial charge in [-0.3, -0.25) is 19.2 Å². The molecular weight excluding hydrogens is 424 g/mol. The number of aliphatic hydroxyl groups excluding tert-OH is 1. The van der Waals surface area contributed by atoms with Gasteiger partial charge in [-0.1, -0.05) is 13.8 Å². The molecule has 13 heteroatoms. The molecule has 11 N–H and O–H groups in total. The molecule has 32 heavy (non-hydrogen) atoms. The van der Waals surface area contributed by atoms with Crippen LogP contribution in [0.2, 0.25) is 0 Å². The Balaban J connectivity index is 5.42. The van der Waals surface area contributed by atoms with E-state index in [4.69, 9.17) is 22.3 Å². The van der Waals surface area contributed by atoms with Crippen LogP contribution >= 0.6 is 0 Å². The van der Waals surface area contributed by atoms with E-state index in [1.165, 1.54) is 0 Å². The highest BCUT2D eigenvalue weighted by Crippen LogP contribution is 2.08. The number of aliphatic hydroxyl groups is 1. The Labute approximate surface area is 186 Å². The molecule has 0 fully saturated rings. The second-order valence-electron chi connectivity index (χ2n) is 7.90. The van der Waals surface area contributed by atoms with Crippen molar-refractivity contribution in [1.29, 1.82) is 0 Å². The van der Waals surface area contributed by atoms with Gasteiger partial charge in [-0.2, -0.15) is 0 Å². The number of hydrogen-bond donors (Lipinski definition) is 8. The van der Waals surface area contributed by atoms with Crippen molar-refractivity contribution in [3.63, 3.8) is 0 Å². The molecule has 0 aliphatic heterocycles. The van der Waals surface area contributed by atoms with Crippen LogP contribution in [0.25, 0.3) is 0 Å². The lowest BCUT2D eigenvalue weighted by Crippen LogP contribution is -2.58. The molecule has 0 saturated heterocycles. The van der Waals surface area contributed by atoms with Crippen LogP contribution in [-0.2, 0) is 24.0 Å². The maximum Gasteiger partial charge on any atom is 0.326 e. The van der Waals surface area contributed by atoms with Gasteiger partial charge in [0.05, 0.1) is 13.0 Å². The molecule has 0 aliphatic carbocycles. The number of carbonyl (C=O) groups is 5. The number of nitrogens with one attached hydrogen (secondary N) is 3. The number of amides is 4. The molecule has 0 rings (SSSR count). The smallest absolute Gasteiger partial charge is 0.326 e. The Bertz CT molecular complexity index is 658. The predicted molar refractivity (Wildman–Crippen MR) is 115 cm³/mol. The van der Waals surface area contributed by atoms with Crippen LogP contribution in [0.15, 0.2) is 0 Å². The topological polar surface area (TPSA) is 240 Å². The van der Waals surface area contributed by atoms with Crippen molar-refractivity contribution in [3.05, 3.63) is 0 Å². The SMILES string of the molecule is CC(C)CC(NC(=O)C(CC(N)=O)NC(=O)C(N)CO)C(=O)NC(CCCCN)C(=O)O. The summed E-state index contributed by atoms with van der Waals surface area (Å²) in [5, 5.41) is 25.4. The molecule has 0 aliphatic rings. The number of rotatable bonds is 16. The molecule has 184 valence electrons. The molecule has 0 aromatic rings. The van der Waals surface area contributed by atoms with E-state index in [1.807, 2.05) is 0 Å². The van der Waals surface area contributed by atoms with Crippen LogP contribution in [0, 0.1) is 5.92 Å². The first kappa shape index (κ1) is 29.2. The molecular formula is C19H36N6O7. The summed E-state index contributed by atoms with van der Waals surface area (Å²) in [6, 6.07) is -5.04. The van der Waals surface area contributed by atoms with Gasteiger partial charge in [-0.25, -0.2) is 4.79 Å². The highest BCUT2D eigenvalue weighted by atomic mass is 16.4. The molecule has 0 spiro atoms. The lowest BCUT2D eigenvalue weighted by atomic mass is 10.0. The number of primary amides is 1. The number of hydrogen-bond acceptors (Lipinski definition) is 8. The quantitative estimate of drug-likeness (QED) is 0.109. The summed E-state index contributed by atoms with van der Waals surface area (Å²) in [5.41, 5.74) is 16.0. The minimum absolute atomic E-state index is 0.0569. The van der Waals surface area contributed by atoms with Gasteiger partial charge in [0.2, 0.25) is 23.6 Å². The highest BCUT2D eigenvalue weighted by molar-refractivity contribution is 5.96. The van der Waals surface area contributed by atoms with Gasteiger partial charge in [-0.05, 0) is 38.1 Å². The van der Waals surface area contributed by atoms with E-state index in [-0.39, 0.29) is 18.8 Å². The Morgan fingerprint density at radius 2 is 1.41 bits per heavy atom. The molecule has 0 saturated carbocycles. The number of carboxylic acid groups (broad SMARTS) is 1. The molecule has 0 heterocycles. The van der Waals surface area contributed by atoms with E-state index in [0.717, 1.165) is 0 Å². The van der Waals surface area contributed by atoms with Gasteiger partial charge < -0.3 is 43.4 Å². The second kappa shape index (κ2) is 15.1. The van der Waals surface area contributed by atoms with Crippen LogP contribution < -0.4 is 33.2 Å². The van der Waals surface area contributed by atoms with Gasteiger partial charge in [-0.15, -0.1) is 0 Å². The molecule has 0 bridgehead atoms. The van der Waals surface area contributed by atoms with E-state index in [0.29, 0.717) is 19.4 Å². The molecule has 4 unspecified atom stereocenters. The van der Waals surface area contributed by atoms with Crippen LogP contribution in [0.5, 0.6) is 0 Å². The maximum atomic E-state index is 12.7. The minimum atomic E-state index is -1.43. The van der Waals surface area contributed by atoms with Crippen LogP contribution in [0.1, 0.15) is 46.0 Å². The molecule has 4 amide bonds. The third-order valence-corrected chi connectivity index (χ3v) is 4.47. The molecule has 0 aromatic carbocycles. The van der Waals surface area contributed by atoms with Crippen LogP contribution in [0.3, 0.4) is 0 Å². The molecule has 4 atom stereocenters. The first-order valence-corrected chi connectivity index (χ1v) is 10.4. The largest absolute Gasteiger partial charge is 0.480 e. The number of carbonyl (C=O) groups excluding carboxylic acids is 4. The molecule has 0 radical (unpaired) electrons. The van der Waals surface area contributed by atoms with Crippen molar-refractivity contribution in [2.24, 2.45) is 23.1 Å². The van der Waals surface area contributed by atoms with Gasteiger partial charge >= 0.3 is 5.97 Å². The van der Waals surface area contributed by atoms with Crippen LogP contribution in [0.4, 0.5) is 0 Å². The van der Waals surface area contributed by atoms with Gasteiger partial charge in [0.15, 0.2) is 0 Å². The number of unbranched alkanes of at least 4 members (excludes halogenated alkanes) is 1. The Morgan fingerprint density at radius 3 is 1.88 bits per heavy atom. The lowest BCUT2D eigenvalue weighted by molar-refractivity contribution is -0.142. The van der Waals surface area contributed by atoms with Crippen molar-refractivity contribution in [3.8, 4) is 0 Å². The van der Waals surface area contributed by atoms with Crippen molar-refractivity contribution < 1.29 is 34.2 Å². The standard InChI is InChI=1S/C19H36N6O7/c1-10(2)7-13(17(29)23-12(19(31)32)5-3-4-6-20)25-18(30)14(8-15(22)27)24-16(28)11(21)9-26/h10-14,26H,3-9,20-21H2,1-2H3,(H2,22,27)(H,23,29)(H,24,28)(H,25,30)(H,31,32). The molecule has 13 nitrogen and oxygen atoms in total. The summed E-state index contributed by atoms with van der Waals surface area (Å²) < 4.78 is 0. The van der Waals surface area contributed by atoms with Gasteiger partial charge in [0, 0.05) is 0 Å². The Hall–Kier alpha value is -2.77.